The zero-order valence-corrected chi connectivity index (χ0v) is 42.9. The normalized spacial score (nSPS) is 17.7. The van der Waals surface area contributed by atoms with Crippen LogP contribution in [0.25, 0.3) is 22.3 Å². The van der Waals surface area contributed by atoms with Crippen LogP contribution >= 0.6 is 11.6 Å². The van der Waals surface area contributed by atoms with E-state index in [0.29, 0.717) is 65.2 Å². The third-order valence-corrected chi connectivity index (χ3v) is 14.5. The van der Waals surface area contributed by atoms with Crippen molar-refractivity contribution in [2.45, 2.75) is 109 Å². The molecule has 4 aliphatic rings. The number of esters is 1. The van der Waals surface area contributed by atoms with Crippen LogP contribution in [0.1, 0.15) is 97.4 Å². The number of imide groups is 1. The molecule has 22 nitrogen and oxygen atoms in total. The minimum Gasteiger partial charge on any atom is -0.458 e. The number of rotatable bonds is 22. The number of hydrogen-bond acceptors (Lipinski definition) is 14. The van der Waals surface area contributed by atoms with Gasteiger partial charge in [-0.2, -0.15) is 0 Å². The molecule has 2 aromatic heterocycles. The molecule has 2 aromatic carbocycles. The monoisotopic (exact) mass is 1060 g/mol. The first-order valence-corrected chi connectivity index (χ1v) is 25.4. The molecule has 4 aromatic rings. The molecule has 0 bridgehead atoms. The second-order valence-electron chi connectivity index (χ2n) is 19.0. The van der Waals surface area contributed by atoms with E-state index in [9.17, 15) is 53.1 Å². The summed E-state index contributed by atoms with van der Waals surface area (Å²) in [5, 5.41) is 28.3. The third kappa shape index (κ3) is 11.7. The van der Waals surface area contributed by atoms with Crippen molar-refractivity contribution in [3.8, 4) is 11.4 Å². The number of carbonyl (C=O) groups excluding carboxylic acids is 9. The molecule has 0 fully saturated rings. The molecule has 76 heavy (non-hydrogen) atoms. The van der Waals surface area contributed by atoms with Gasteiger partial charge in [-0.05, 0) is 80.3 Å². The highest BCUT2D eigenvalue weighted by atomic mass is 35.5. The first-order valence-electron chi connectivity index (χ1n) is 25.1. The summed E-state index contributed by atoms with van der Waals surface area (Å²) in [7, 11) is 0. The summed E-state index contributed by atoms with van der Waals surface area (Å²) < 4.78 is 12.5. The number of aryl methyl sites for hydroxylation is 1. The van der Waals surface area contributed by atoms with Crippen molar-refractivity contribution in [3.63, 3.8) is 0 Å². The number of cyclic esters (lactones) is 1. The van der Waals surface area contributed by atoms with Crippen LogP contribution in [0, 0.1) is 6.92 Å². The number of unbranched alkanes of at least 4 members (excludes halogenated alkanes) is 2. The average Bonchev–Trinajstić information content (AvgIpc) is 4.12. The number of aliphatic hydroxyl groups is 1. The topological polar surface area (TPSA) is 303 Å². The Morgan fingerprint density at radius 3 is 2.30 bits per heavy atom. The summed E-state index contributed by atoms with van der Waals surface area (Å²) in [5.74, 6) is -5.19. The summed E-state index contributed by atoms with van der Waals surface area (Å²) in [6.07, 6.45) is 4.06. The maximum atomic E-state index is 14.0. The lowest BCUT2D eigenvalue weighted by atomic mass is 9.81. The Labute approximate surface area is 440 Å². The minimum atomic E-state index is -2.02. The molecule has 0 spiro atoms. The van der Waals surface area contributed by atoms with Gasteiger partial charge in [-0.1, -0.05) is 55.3 Å². The van der Waals surface area contributed by atoms with E-state index in [1.165, 1.54) is 23.6 Å². The number of hydrogen-bond donors (Lipinski definition) is 7. The number of carbonyl (C=O) groups is 9. The molecule has 0 radical (unpaired) electrons. The molecule has 4 atom stereocenters. The van der Waals surface area contributed by atoms with E-state index in [-0.39, 0.29) is 61.9 Å². The lowest BCUT2D eigenvalue weighted by molar-refractivity contribution is -0.172. The fourth-order valence-corrected chi connectivity index (χ4v) is 10.1. The summed E-state index contributed by atoms with van der Waals surface area (Å²) in [4.78, 5) is 134. The standard InChI is InChI=1S/C53H58ClN9O13/c1-4-53(74)34-20-39-48-32(25-63(39)51(72)33(34)26-75-52(53)73)47-36(15-14-31-28(2)35(54)21-37(60-48)46(31)47)61-49(70)29(3)76-27-58-42(66)23-57-50(71)38(19-30-11-7-5-8-12-30)59-43(67)24-56-41(65)22-55-40(64)13-9-6-10-18-62-44(68)16-17-45(62)69/h5,7-8,11-12,16-17,20-21,29,36,38,74H,4,6,9-10,13-15,18-19,22-27H2,1-3H3,(H,55,64)(H,56,65)(H,57,71)(H,58,66)(H,59,67)(H,61,70)/t29-,36-,38-,53-/m0/s1. The molecule has 0 unspecified atom stereocenters. The number of nitrogens with zero attached hydrogens (tertiary/aromatic N) is 3. The van der Waals surface area contributed by atoms with Gasteiger partial charge in [-0.25, -0.2) is 9.78 Å². The van der Waals surface area contributed by atoms with Crippen LogP contribution < -0.4 is 37.5 Å². The predicted octanol–water partition coefficient (Wildman–Crippen LogP) is 1.19. The summed E-state index contributed by atoms with van der Waals surface area (Å²) >= 11 is 6.72. The predicted molar refractivity (Wildman–Crippen MR) is 272 cm³/mol. The second-order valence-corrected chi connectivity index (χ2v) is 19.4. The Morgan fingerprint density at radius 2 is 1.57 bits per heavy atom. The zero-order chi connectivity index (χ0) is 54.4. The summed E-state index contributed by atoms with van der Waals surface area (Å²) in [5.41, 5.74) is 3.29. The molecule has 400 valence electrons. The van der Waals surface area contributed by atoms with E-state index in [1.807, 2.05) is 6.92 Å². The Kier molecular flexibility index (Phi) is 16.7. The number of ether oxygens (including phenoxy) is 2. The smallest absolute Gasteiger partial charge is 0.343 e. The highest BCUT2D eigenvalue weighted by Gasteiger charge is 2.46. The quantitative estimate of drug-likeness (QED) is 0.0222. The summed E-state index contributed by atoms with van der Waals surface area (Å²) in [6, 6.07) is 10.4. The van der Waals surface area contributed by atoms with Crippen molar-refractivity contribution >= 4 is 75.7 Å². The van der Waals surface area contributed by atoms with Gasteiger partial charge in [0, 0.05) is 53.1 Å². The van der Waals surface area contributed by atoms with E-state index in [2.05, 4.69) is 31.9 Å². The van der Waals surface area contributed by atoms with E-state index in [4.69, 9.17) is 26.1 Å². The van der Waals surface area contributed by atoms with Gasteiger partial charge in [0.25, 0.3) is 17.4 Å². The molecule has 0 saturated heterocycles. The van der Waals surface area contributed by atoms with Crippen molar-refractivity contribution in [3.05, 3.63) is 109 Å². The first kappa shape index (κ1) is 54.4. The van der Waals surface area contributed by atoms with Gasteiger partial charge >= 0.3 is 5.97 Å². The first-order chi connectivity index (χ1) is 36.4. The number of amides is 8. The van der Waals surface area contributed by atoms with Crippen molar-refractivity contribution in [2.24, 2.45) is 0 Å². The van der Waals surface area contributed by atoms with Crippen molar-refractivity contribution in [2.75, 3.05) is 32.9 Å². The van der Waals surface area contributed by atoms with Gasteiger partial charge in [0.15, 0.2) is 5.60 Å². The fraction of sp³-hybridized carbons (Fsp3) is 0.415. The van der Waals surface area contributed by atoms with Gasteiger partial charge in [0.05, 0.1) is 54.7 Å². The Balaban J connectivity index is 0.819. The van der Waals surface area contributed by atoms with Crippen LogP contribution in [0.3, 0.4) is 0 Å². The number of pyridine rings is 2. The maximum absolute atomic E-state index is 14.0. The molecular weight excluding hydrogens is 1010 g/mol. The van der Waals surface area contributed by atoms with Crippen LogP contribution in [0.2, 0.25) is 5.02 Å². The lowest BCUT2D eigenvalue weighted by Gasteiger charge is -2.31. The number of benzene rings is 2. The fourth-order valence-electron chi connectivity index (χ4n) is 9.86. The van der Waals surface area contributed by atoms with Crippen LogP contribution in [-0.2, 0) is 84.2 Å². The molecule has 5 heterocycles. The molecule has 7 N–H and O–H groups in total. The van der Waals surface area contributed by atoms with E-state index < -0.39 is 97.1 Å². The number of aromatic nitrogens is 2. The molecule has 8 amide bonds. The lowest BCUT2D eigenvalue weighted by Crippen LogP contribution is -2.52. The molecule has 8 rings (SSSR count). The van der Waals surface area contributed by atoms with Crippen molar-refractivity contribution < 1.29 is 57.7 Å². The average molecular weight is 1060 g/mol. The molecular formula is C53H58ClN9O13. The van der Waals surface area contributed by atoms with Gasteiger partial charge < -0.3 is 51.0 Å². The number of nitrogens with one attached hydrogen (secondary N) is 6. The van der Waals surface area contributed by atoms with Crippen LogP contribution in [0.5, 0.6) is 0 Å². The highest BCUT2D eigenvalue weighted by Crippen LogP contribution is 2.46. The van der Waals surface area contributed by atoms with Gasteiger partial charge in [-0.3, -0.25) is 48.1 Å². The highest BCUT2D eigenvalue weighted by molar-refractivity contribution is 6.32. The van der Waals surface area contributed by atoms with Gasteiger partial charge in [-0.15, -0.1) is 0 Å². The van der Waals surface area contributed by atoms with Crippen molar-refractivity contribution in [1.29, 1.82) is 0 Å². The van der Waals surface area contributed by atoms with Gasteiger partial charge in [0.1, 0.15) is 25.5 Å². The zero-order valence-electron chi connectivity index (χ0n) is 42.1. The van der Waals surface area contributed by atoms with Crippen molar-refractivity contribution in [1.82, 2.24) is 46.4 Å². The van der Waals surface area contributed by atoms with E-state index >= 15 is 0 Å². The summed E-state index contributed by atoms with van der Waals surface area (Å²) in [6.45, 7) is 3.29. The molecule has 1 aliphatic carbocycles. The van der Waals surface area contributed by atoms with Crippen LogP contribution in [-0.4, -0.2) is 118 Å². The second kappa shape index (κ2) is 23.4. The largest absolute Gasteiger partial charge is 0.458 e. The Hall–Kier alpha value is -7.82. The molecule has 23 heteroatoms. The minimum absolute atomic E-state index is 0.0200. The molecule has 0 saturated carbocycles. The third-order valence-electron chi connectivity index (χ3n) is 14.1. The van der Waals surface area contributed by atoms with Gasteiger partial charge in [0.2, 0.25) is 35.4 Å². The SMILES string of the molecule is CC[C@@]1(O)C(=O)OCc2c1cc1n(c2=O)Cc2c-1nc1cc(Cl)c(C)c3c1c2[C@@H](NC(=O)[C@H](C)OCNC(=O)CNC(=O)[C@H](Cc1ccccc1)NC(=O)CNC(=O)CNC(=O)CCCCCN1C(=O)C=CC1=O)CC3. The number of halogens is 1. The van der Waals surface area contributed by atoms with E-state index in [1.54, 1.807) is 49.4 Å². The Bertz CT molecular complexity index is 3120. The van der Waals surface area contributed by atoms with Crippen LogP contribution in [0.4, 0.5) is 0 Å². The van der Waals surface area contributed by atoms with Crippen LogP contribution in [0.15, 0.2) is 59.4 Å². The Morgan fingerprint density at radius 1 is 0.868 bits per heavy atom. The maximum Gasteiger partial charge on any atom is 0.343 e. The molecule has 3 aliphatic heterocycles. The number of fused-ring (bicyclic) bond motifs is 5. The van der Waals surface area contributed by atoms with E-state index in [0.717, 1.165) is 27.0 Å².